The SMILES string of the molecule is CCOc1ccccc1CNC(=O)C1CCN(S(=O)(=O)N2CCCCC2)CC1. The van der Waals surface area contributed by atoms with E-state index in [0.29, 0.717) is 52.2 Å². The van der Waals surface area contributed by atoms with Crippen LogP contribution in [-0.4, -0.2) is 55.7 Å². The Balaban J connectivity index is 1.50. The second-order valence-corrected chi connectivity index (χ2v) is 9.33. The van der Waals surface area contributed by atoms with Crippen molar-refractivity contribution in [3.05, 3.63) is 29.8 Å². The molecule has 28 heavy (non-hydrogen) atoms. The number of ether oxygens (including phenoxy) is 1. The Morgan fingerprint density at radius 2 is 1.71 bits per heavy atom. The van der Waals surface area contributed by atoms with Crippen LogP contribution in [0.3, 0.4) is 0 Å². The van der Waals surface area contributed by atoms with Crippen LogP contribution in [-0.2, 0) is 21.5 Å². The maximum absolute atomic E-state index is 12.8. The van der Waals surface area contributed by atoms with Crippen LogP contribution in [0.5, 0.6) is 5.75 Å². The summed E-state index contributed by atoms with van der Waals surface area (Å²) in [5, 5.41) is 2.99. The van der Waals surface area contributed by atoms with Crippen molar-refractivity contribution < 1.29 is 17.9 Å². The lowest BCUT2D eigenvalue weighted by Crippen LogP contribution is -2.50. The summed E-state index contributed by atoms with van der Waals surface area (Å²) in [6.07, 6.45) is 4.08. The van der Waals surface area contributed by atoms with Crippen LogP contribution in [0, 0.1) is 5.92 Å². The van der Waals surface area contributed by atoms with Crippen molar-refractivity contribution in [2.75, 3.05) is 32.8 Å². The molecule has 0 bridgehead atoms. The molecule has 1 N–H and O–H groups in total. The van der Waals surface area contributed by atoms with Crippen LogP contribution in [0.15, 0.2) is 24.3 Å². The van der Waals surface area contributed by atoms with Crippen LogP contribution < -0.4 is 10.1 Å². The molecule has 1 aromatic rings. The fourth-order valence-corrected chi connectivity index (χ4v) is 5.60. The maximum Gasteiger partial charge on any atom is 0.281 e. The molecule has 8 heteroatoms. The molecule has 156 valence electrons. The highest BCUT2D eigenvalue weighted by Crippen LogP contribution is 2.24. The molecule has 2 saturated heterocycles. The van der Waals surface area contributed by atoms with E-state index >= 15 is 0 Å². The lowest BCUT2D eigenvalue weighted by Gasteiger charge is -2.35. The summed E-state index contributed by atoms with van der Waals surface area (Å²) in [6.45, 7) is 4.97. The Kier molecular flexibility index (Phi) is 7.31. The molecule has 0 aromatic heterocycles. The number of para-hydroxylation sites is 1. The first-order chi connectivity index (χ1) is 13.5. The first-order valence-electron chi connectivity index (χ1n) is 10.3. The molecule has 2 aliphatic heterocycles. The summed E-state index contributed by atoms with van der Waals surface area (Å²) in [7, 11) is -3.38. The van der Waals surface area contributed by atoms with Gasteiger partial charge < -0.3 is 10.1 Å². The summed E-state index contributed by atoms with van der Waals surface area (Å²) < 4.78 is 34.3. The number of rotatable bonds is 7. The van der Waals surface area contributed by atoms with Crippen LogP contribution in [0.2, 0.25) is 0 Å². The van der Waals surface area contributed by atoms with Crippen LogP contribution in [0.4, 0.5) is 0 Å². The third-order valence-electron chi connectivity index (χ3n) is 5.52. The molecule has 0 unspecified atom stereocenters. The molecule has 7 nitrogen and oxygen atoms in total. The van der Waals surface area contributed by atoms with Gasteiger partial charge in [0.25, 0.3) is 10.2 Å². The number of hydrogen-bond donors (Lipinski definition) is 1. The number of benzene rings is 1. The van der Waals surface area contributed by atoms with Gasteiger partial charge in [0.15, 0.2) is 0 Å². The summed E-state index contributed by atoms with van der Waals surface area (Å²) in [4.78, 5) is 12.6. The van der Waals surface area contributed by atoms with Gasteiger partial charge in [-0.1, -0.05) is 24.6 Å². The van der Waals surface area contributed by atoms with E-state index < -0.39 is 10.2 Å². The monoisotopic (exact) mass is 409 g/mol. The summed E-state index contributed by atoms with van der Waals surface area (Å²) in [5.74, 6) is 0.626. The van der Waals surface area contributed by atoms with Crippen molar-refractivity contribution in [3.63, 3.8) is 0 Å². The fourth-order valence-electron chi connectivity index (χ4n) is 3.88. The molecule has 0 atom stereocenters. The van der Waals surface area contributed by atoms with Crippen LogP contribution in [0.1, 0.15) is 44.6 Å². The van der Waals surface area contributed by atoms with Crippen molar-refractivity contribution in [1.29, 1.82) is 0 Å². The number of carbonyl (C=O) groups excluding carboxylic acids is 1. The number of amides is 1. The topological polar surface area (TPSA) is 79.0 Å². The smallest absolute Gasteiger partial charge is 0.281 e. The van der Waals surface area contributed by atoms with Gasteiger partial charge in [-0.05, 0) is 38.7 Å². The molecule has 1 aromatic carbocycles. The number of piperidine rings is 2. The molecule has 2 aliphatic rings. The fraction of sp³-hybridized carbons (Fsp3) is 0.650. The van der Waals surface area contributed by atoms with Gasteiger partial charge >= 0.3 is 0 Å². The number of nitrogens with one attached hydrogen (secondary N) is 1. The zero-order valence-corrected chi connectivity index (χ0v) is 17.4. The summed E-state index contributed by atoms with van der Waals surface area (Å²) in [5.41, 5.74) is 0.947. The lowest BCUT2D eigenvalue weighted by atomic mass is 9.97. The van der Waals surface area contributed by atoms with Crippen LogP contribution in [0.25, 0.3) is 0 Å². The zero-order chi connectivity index (χ0) is 20.0. The summed E-state index contributed by atoms with van der Waals surface area (Å²) >= 11 is 0. The third-order valence-corrected chi connectivity index (χ3v) is 7.55. The van der Waals surface area contributed by atoms with Gasteiger partial charge in [0, 0.05) is 44.2 Å². The molecular formula is C20H31N3O4S. The molecular weight excluding hydrogens is 378 g/mol. The van der Waals surface area contributed by atoms with E-state index in [4.69, 9.17) is 4.74 Å². The van der Waals surface area contributed by atoms with Crippen molar-refractivity contribution in [2.24, 2.45) is 5.92 Å². The quantitative estimate of drug-likeness (QED) is 0.748. The van der Waals surface area contributed by atoms with Gasteiger partial charge in [-0.25, -0.2) is 0 Å². The summed E-state index contributed by atoms with van der Waals surface area (Å²) in [6, 6.07) is 7.68. The van der Waals surface area contributed by atoms with Gasteiger partial charge in [-0.15, -0.1) is 0 Å². The molecule has 2 fully saturated rings. The molecule has 2 heterocycles. The van der Waals surface area contributed by atoms with Gasteiger partial charge in [0.1, 0.15) is 5.75 Å². The Morgan fingerprint density at radius 3 is 2.39 bits per heavy atom. The van der Waals surface area contributed by atoms with Gasteiger partial charge in [0.2, 0.25) is 5.91 Å². The second-order valence-electron chi connectivity index (χ2n) is 7.40. The number of hydrogen-bond acceptors (Lipinski definition) is 4. The maximum atomic E-state index is 12.8. The van der Waals surface area contributed by atoms with Gasteiger partial charge in [-0.3, -0.25) is 4.79 Å². The molecule has 0 aliphatic carbocycles. The van der Waals surface area contributed by atoms with Crippen molar-refractivity contribution in [2.45, 2.75) is 45.6 Å². The first kappa shape index (κ1) is 21.1. The van der Waals surface area contributed by atoms with Crippen molar-refractivity contribution >= 4 is 16.1 Å². The zero-order valence-electron chi connectivity index (χ0n) is 16.6. The third kappa shape index (κ3) is 5.04. The Morgan fingerprint density at radius 1 is 1.07 bits per heavy atom. The van der Waals surface area contributed by atoms with E-state index in [-0.39, 0.29) is 11.8 Å². The largest absolute Gasteiger partial charge is 0.494 e. The first-order valence-corrected chi connectivity index (χ1v) is 11.7. The Bertz CT molecular complexity index is 754. The van der Waals surface area contributed by atoms with E-state index in [1.807, 2.05) is 31.2 Å². The highest BCUT2D eigenvalue weighted by Gasteiger charge is 2.35. The van der Waals surface area contributed by atoms with E-state index in [1.54, 1.807) is 8.61 Å². The highest BCUT2D eigenvalue weighted by atomic mass is 32.2. The Labute approximate surface area is 168 Å². The number of carbonyl (C=O) groups is 1. The minimum atomic E-state index is -3.38. The molecule has 1 amide bonds. The normalized spacial score (nSPS) is 20.0. The lowest BCUT2D eigenvalue weighted by molar-refractivity contribution is -0.126. The van der Waals surface area contributed by atoms with Crippen LogP contribution >= 0.6 is 0 Å². The molecule has 0 radical (unpaired) electrons. The van der Waals surface area contributed by atoms with E-state index in [1.165, 1.54) is 0 Å². The van der Waals surface area contributed by atoms with E-state index in [0.717, 1.165) is 30.6 Å². The van der Waals surface area contributed by atoms with E-state index in [9.17, 15) is 13.2 Å². The predicted octanol–water partition coefficient (Wildman–Crippen LogP) is 2.14. The van der Waals surface area contributed by atoms with Crippen molar-refractivity contribution in [3.8, 4) is 5.75 Å². The number of nitrogens with zero attached hydrogens (tertiary/aromatic N) is 2. The Hall–Kier alpha value is -1.64. The standard InChI is InChI=1S/C20H31N3O4S/c1-2-27-19-9-5-4-8-18(19)16-21-20(24)17-10-14-23(15-11-17)28(25,26)22-12-6-3-7-13-22/h4-5,8-9,17H,2-3,6-7,10-16H2,1H3,(H,21,24). The van der Waals surface area contributed by atoms with Crippen molar-refractivity contribution in [1.82, 2.24) is 13.9 Å². The average Bonchev–Trinajstić information content (AvgIpc) is 2.74. The van der Waals surface area contributed by atoms with Gasteiger partial charge in [0.05, 0.1) is 6.61 Å². The molecule has 3 rings (SSSR count). The second kappa shape index (κ2) is 9.71. The minimum Gasteiger partial charge on any atom is -0.494 e. The molecule has 0 saturated carbocycles. The minimum absolute atomic E-state index is 0.0127. The van der Waals surface area contributed by atoms with E-state index in [2.05, 4.69) is 5.32 Å². The van der Waals surface area contributed by atoms with Gasteiger partial charge in [-0.2, -0.15) is 17.0 Å². The average molecular weight is 410 g/mol. The predicted molar refractivity (Wildman–Crippen MR) is 108 cm³/mol. The molecule has 0 spiro atoms. The highest BCUT2D eigenvalue weighted by molar-refractivity contribution is 7.86.